The van der Waals surface area contributed by atoms with Crippen LogP contribution in [-0.4, -0.2) is 47.0 Å². The third kappa shape index (κ3) is 5.99. The van der Waals surface area contributed by atoms with Gasteiger partial charge in [-0.2, -0.15) is 5.10 Å². The number of amides is 1. The molecule has 9 heteroatoms. The maximum atomic E-state index is 12.6. The number of carbonyl (C=O) groups is 2. The molecule has 1 amide bonds. The number of ether oxygens (including phenoxy) is 1. The van der Waals surface area contributed by atoms with Crippen LogP contribution < -0.4 is 5.32 Å². The summed E-state index contributed by atoms with van der Waals surface area (Å²) >= 11 is 1.70. The predicted molar refractivity (Wildman–Crippen MR) is 98.1 cm³/mol. The second-order valence-electron chi connectivity index (χ2n) is 5.58. The van der Waals surface area contributed by atoms with Crippen molar-refractivity contribution < 1.29 is 19.2 Å². The van der Waals surface area contributed by atoms with E-state index in [1.165, 1.54) is 16.0 Å². The van der Waals surface area contributed by atoms with E-state index in [-0.39, 0.29) is 25.0 Å². The molecular formula is C17H22N4O4S. The minimum atomic E-state index is -0.554. The molecule has 0 fully saturated rings. The minimum absolute atomic E-state index is 0.0148. The van der Waals surface area contributed by atoms with E-state index in [1.807, 2.05) is 13.8 Å². The molecule has 0 aliphatic carbocycles. The molecule has 8 nitrogen and oxygen atoms in total. The Kier molecular flexibility index (Phi) is 7.34. The average Bonchev–Trinajstić information content (AvgIpc) is 3.23. The summed E-state index contributed by atoms with van der Waals surface area (Å²) in [7, 11) is 0. The molecule has 0 spiro atoms. The van der Waals surface area contributed by atoms with Crippen LogP contribution in [0.4, 0.5) is 0 Å². The van der Waals surface area contributed by atoms with Crippen LogP contribution in [0.25, 0.3) is 0 Å². The molecule has 1 unspecified atom stereocenters. The molecule has 0 saturated heterocycles. The lowest BCUT2D eigenvalue weighted by Crippen LogP contribution is -2.39. The van der Waals surface area contributed by atoms with Crippen molar-refractivity contribution in [3.8, 4) is 0 Å². The number of oxime groups is 1. The van der Waals surface area contributed by atoms with Gasteiger partial charge in [0, 0.05) is 28.4 Å². The zero-order valence-electron chi connectivity index (χ0n) is 14.9. The van der Waals surface area contributed by atoms with Gasteiger partial charge in [0.15, 0.2) is 5.71 Å². The van der Waals surface area contributed by atoms with Crippen molar-refractivity contribution in [1.29, 1.82) is 0 Å². The molecule has 140 valence electrons. The molecule has 0 aliphatic rings. The number of nitrogens with one attached hydrogen (secondary N) is 2. The Labute approximate surface area is 155 Å². The molecule has 0 radical (unpaired) electrons. The first-order valence-corrected chi connectivity index (χ1v) is 9.02. The van der Waals surface area contributed by atoms with Gasteiger partial charge in [-0.1, -0.05) is 5.16 Å². The molecule has 0 aromatic carbocycles. The highest BCUT2D eigenvalue weighted by Crippen LogP contribution is 2.16. The molecule has 2 heterocycles. The summed E-state index contributed by atoms with van der Waals surface area (Å²) in [6.45, 7) is 5.53. The second kappa shape index (κ2) is 9.71. The molecule has 0 saturated carbocycles. The first-order valence-electron chi connectivity index (χ1n) is 8.21. The monoisotopic (exact) mass is 378 g/mol. The molecule has 26 heavy (non-hydrogen) atoms. The van der Waals surface area contributed by atoms with Gasteiger partial charge in [0.05, 0.1) is 12.3 Å². The van der Waals surface area contributed by atoms with Gasteiger partial charge in [-0.3, -0.25) is 9.89 Å². The highest BCUT2D eigenvalue weighted by molar-refractivity contribution is 7.11. The number of esters is 1. The van der Waals surface area contributed by atoms with Gasteiger partial charge in [0.2, 0.25) is 6.61 Å². The van der Waals surface area contributed by atoms with Crippen molar-refractivity contribution in [1.82, 2.24) is 15.5 Å². The fourth-order valence-electron chi connectivity index (χ4n) is 2.19. The lowest BCUT2D eigenvalue weighted by Gasteiger charge is -2.13. The van der Waals surface area contributed by atoms with Crippen LogP contribution in [-0.2, 0) is 25.6 Å². The van der Waals surface area contributed by atoms with E-state index in [0.29, 0.717) is 12.1 Å². The van der Waals surface area contributed by atoms with Crippen molar-refractivity contribution in [2.75, 3.05) is 13.2 Å². The molecule has 2 aromatic heterocycles. The fraction of sp³-hybridized carbons (Fsp3) is 0.412. The number of H-pyrrole nitrogens is 1. The van der Waals surface area contributed by atoms with E-state index in [0.717, 1.165) is 0 Å². The zero-order chi connectivity index (χ0) is 18.9. The van der Waals surface area contributed by atoms with Crippen LogP contribution in [0.5, 0.6) is 0 Å². The number of rotatable bonds is 9. The number of nitrogens with zero attached hydrogens (tertiary/aromatic N) is 2. The summed E-state index contributed by atoms with van der Waals surface area (Å²) in [5.74, 6) is -0.971. The van der Waals surface area contributed by atoms with Gasteiger partial charge in [-0.25, -0.2) is 4.79 Å². The van der Waals surface area contributed by atoms with Crippen molar-refractivity contribution in [3.05, 3.63) is 39.8 Å². The van der Waals surface area contributed by atoms with Gasteiger partial charge < -0.3 is 14.9 Å². The Morgan fingerprint density at radius 1 is 1.38 bits per heavy atom. The van der Waals surface area contributed by atoms with Crippen molar-refractivity contribution in [2.24, 2.45) is 5.16 Å². The van der Waals surface area contributed by atoms with Gasteiger partial charge in [0.1, 0.15) is 0 Å². The van der Waals surface area contributed by atoms with Gasteiger partial charge in [-0.05, 0) is 39.0 Å². The SMILES string of the molecule is CCOC(=O)CO/N=C(/C(=O)NC(C)Cc1ccc(C)s1)c1ccn[nH]1. The summed E-state index contributed by atoms with van der Waals surface area (Å²) in [5, 5.41) is 13.2. The Morgan fingerprint density at radius 3 is 2.81 bits per heavy atom. The summed E-state index contributed by atoms with van der Waals surface area (Å²) in [6.07, 6.45) is 2.21. The zero-order valence-corrected chi connectivity index (χ0v) is 15.8. The molecule has 2 rings (SSSR count). The van der Waals surface area contributed by atoms with E-state index in [4.69, 9.17) is 9.57 Å². The van der Waals surface area contributed by atoms with Gasteiger partial charge in [0.25, 0.3) is 5.91 Å². The molecule has 0 aliphatic heterocycles. The maximum absolute atomic E-state index is 12.6. The molecule has 2 N–H and O–H groups in total. The Balaban J connectivity index is 2.00. The number of aromatic nitrogens is 2. The number of aryl methyl sites for hydroxylation is 1. The van der Waals surface area contributed by atoms with Crippen LogP contribution in [0.1, 0.15) is 29.3 Å². The van der Waals surface area contributed by atoms with Crippen molar-refractivity contribution in [3.63, 3.8) is 0 Å². The van der Waals surface area contributed by atoms with Crippen LogP contribution in [0.15, 0.2) is 29.6 Å². The topological polar surface area (TPSA) is 106 Å². The summed E-state index contributed by atoms with van der Waals surface area (Å²) < 4.78 is 4.76. The van der Waals surface area contributed by atoms with E-state index >= 15 is 0 Å². The standard InChI is InChI=1S/C17H22N4O4S/c1-4-24-15(22)10-25-21-16(14-7-8-18-20-14)17(23)19-11(2)9-13-6-5-12(3)26-13/h5-8,11H,4,9-10H2,1-3H3,(H,18,20)(H,19,23)/b21-16+. The van der Waals surface area contributed by atoms with Crippen LogP contribution in [0.2, 0.25) is 0 Å². The molecular weight excluding hydrogens is 356 g/mol. The number of aromatic amines is 1. The smallest absolute Gasteiger partial charge is 0.347 e. The third-order valence-electron chi connectivity index (χ3n) is 3.30. The Bertz CT molecular complexity index is 755. The minimum Gasteiger partial charge on any atom is -0.463 e. The lowest BCUT2D eigenvalue weighted by molar-refractivity contribution is -0.148. The lowest BCUT2D eigenvalue weighted by atomic mass is 10.2. The summed E-state index contributed by atoms with van der Waals surface area (Å²) in [5.41, 5.74) is 0.409. The molecule has 0 bridgehead atoms. The van der Waals surface area contributed by atoms with E-state index in [1.54, 1.807) is 24.3 Å². The van der Waals surface area contributed by atoms with Crippen LogP contribution in [0.3, 0.4) is 0 Å². The van der Waals surface area contributed by atoms with Crippen LogP contribution in [0, 0.1) is 6.92 Å². The first-order chi connectivity index (χ1) is 12.5. The number of carbonyl (C=O) groups excluding carboxylic acids is 2. The predicted octanol–water partition coefficient (Wildman–Crippen LogP) is 1.81. The van der Waals surface area contributed by atoms with Crippen LogP contribution >= 0.6 is 11.3 Å². The summed E-state index contributed by atoms with van der Waals surface area (Å²) in [6, 6.07) is 5.60. The third-order valence-corrected chi connectivity index (χ3v) is 4.32. The fourth-order valence-corrected chi connectivity index (χ4v) is 3.21. The quantitative estimate of drug-likeness (QED) is 0.393. The molecule has 2 aromatic rings. The van der Waals surface area contributed by atoms with E-state index < -0.39 is 11.9 Å². The second-order valence-corrected chi connectivity index (χ2v) is 6.95. The number of thiophene rings is 1. The van der Waals surface area contributed by atoms with Crippen molar-refractivity contribution in [2.45, 2.75) is 33.2 Å². The maximum Gasteiger partial charge on any atom is 0.347 e. The largest absolute Gasteiger partial charge is 0.463 e. The normalized spacial score (nSPS) is 12.5. The highest BCUT2D eigenvalue weighted by atomic mass is 32.1. The summed E-state index contributed by atoms with van der Waals surface area (Å²) in [4.78, 5) is 31.3. The first kappa shape index (κ1) is 19.6. The van der Waals surface area contributed by atoms with E-state index in [9.17, 15) is 9.59 Å². The van der Waals surface area contributed by atoms with E-state index in [2.05, 4.69) is 32.8 Å². The van der Waals surface area contributed by atoms with Gasteiger partial charge in [-0.15, -0.1) is 11.3 Å². The van der Waals surface area contributed by atoms with Crippen molar-refractivity contribution >= 4 is 28.9 Å². The average molecular weight is 378 g/mol. The molecule has 1 atom stereocenters. The Morgan fingerprint density at radius 2 is 2.19 bits per heavy atom. The number of hydrogen-bond donors (Lipinski definition) is 2. The Hall–Kier alpha value is -2.68. The highest BCUT2D eigenvalue weighted by Gasteiger charge is 2.19. The number of hydrogen-bond acceptors (Lipinski definition) is 7. The van der Waals surface area contributed by atoms with Gasteiger partial charge >= 0.3 is 5.97 Å².